The molecule has 1 fully saturated rings. The molecule has 0 aliphatic heterocycles. The van der Waals surface area contributed by atoms with Crippen molar-refractivity contribution in [1.29, 1.82) is 0 Å². The van der Waals surface area contributed by atoms with Crippen LogP contribution in [0.2, 0.25) is 0 Å². The van der Waals surface area contributed by atoms with E-state index in [1.165, 1.54) is 0 Å². The molecule has 126 valence electrons. The van der Waals surface area contributed by atoms with Gasteiger partial charge in [0, 0.05) is 18.7 Å². The zero-order valence-corrected chi connectivity index (χ0v) is 14.0. The number of benzene rings is 1. The minimum absolute atomic E-state index is 0.00746. The van der Waals surface area contributed by atoms with E-state index in [0.717, 1.165) is 36.9 Å². The largest absolute Gasteiger partial charge is 0.350 e. The Kier molecular flexibility index (Phi) is 5.77. The predicted molar refractivity (Wildman–Crippen MR) is 91.8 cm³/mol. The quantitative estimate of drug-likeness (QED) is 0.754. The molecule has 1 aliphatic carbocycles. The minimum Gasteiger partial charge on any atom is -0.350 e. The Morgan fingerprint density at radius 1 is 1.26 bits per heavy atom. The van der Waals surface area contributed by atoms with Crippen LogP contribution in [0.1, 0.15) is 51.5 Å². The van der Waals surface area contributed by atoms with Gasteiger partial charge >= 0.3 is 0 Å². The van der Waals surface area contributed by atoms with Crippen molar-refractivity contribution in [3.63, 3.8) is 0 Å². The Balaban J connectivity index is 1.90. The summed E-state index contributed by atoms with van der Waals surface area (Å²) in [5.74, 6) is 0.252. The number of carbonyl (C=O) groups is 2. The fourth-order valence-electron chi connectivity index (χ4n) is 2.93. The third-order valence-corrected chi connectivity index (χ3v) is 4.21. The minimum atomic E-state index is -0.705. The van der Waals surface area contributed by atoms with Gasteiger partial charge in [-0.15, -0.1) is 0 Å². The van der Waals surface area contributed by atoms with E-state index < -0.39 is 5.54 Å². The number of hydrogen-bond donors (Lipinski definition) is 3. The Bertz CT molecular complexity index is 563. The molecule has 0 unspecified atom stereocenters. The summed E-state index contributed by atoms with van der Waals surface area (Å²) >= 11 is 0. The standard InChI is InChI=1S/C18H27N3O2/c1-13(2)10-16(22)21-15-7-5-6-14(11-15)12-20-17(23)18(19)8-3-4-9-18/h5-7,11,13H,3-4,8-10,12,19H2,1-2H3,(H,20,23)(H,21,22). The van der Waals surface area contributed by atoms with Crippen LogP contribution in [0.15, 0.2) is 24.3 Å². The molecule has 0 heterocycles. The van der Waals surface area contributed by atoms with Crippen molar-refractivity contribution in [1.82, 2.24) is 5.32 Å². The Hall–Kier alpha value is -1.88. The molecule has 5 nitrogen and oxygen atoms in total. The highest BCUT2D eigenvalue weighted by molar-refractivity contribution is 5.91. The number of nitrogens with two attached hydrogens (primary N) is 1. The maximum atomic E-state index is 12.2. The summed E-state index contributed by atoms with van der Waals surface area (Å²) < 4.78 is 0. The van der Waals surface area contributed by atoms with Crippen molar-refractivity contribution in [2.75, 3.05) is 5.32 Å². The zero-order valence-electron chi connectivity index (χ0n) is 14.0. The van der Waals surface area contributed by atoms with Gasteiger partial charge in [0.05, 0.1) is 5.54 Å². The topological polar surface area (TPSA) is 84.2 Å². The van der Waals surface area contributed by atoms with Crippen LogP contribution in [-0.2, 0) is 16.1 Å². The summed E-state index contributed by atoms with van der Waals surface area (Å²) in [5.41, 5.74) is 7.14. The van der Waals surface area contributed by atoms with Gasteiger partial charge in [0.25, 0.3) is 0 Å². The van der Waals surface area contributed by atoms with Crippen molar-refractivity contribution in [3.05, 3.63) is 29.8 Å². The van der Waals surface area contributed by atoms with Crippen LogP contribution in [0.4, 0.5) is 5.69 Å². The van der Waals surface area contributed by atoms with E-state index in [4.69, 9.17) is 5.73 Å². The van der Waals surface area contributed by atoms with Gasteiger partial charge in [-0.3, -0.25) is 9.59 Å². The normalized spacial score (nSPS) is 16.3. The second kappa shape index (κ2) is 7.59. The zero-order chi connectivity index (χ0) is 16.9. The molecule has 1 aromatic carbocycles. The summed E-state index contributed by atoms with van der Waals surface area (Å²) in [6.45, 7) is 4.44. The number of carbonyl (C=O) groups excluding carboxylic acids is 2. The van der Waals surface area contributed by atoms with Crippen LogP contribution in [0.5, 0.6) is 0 Å². The molecule has 0 bridgehead atoms. The van der Waals surface area contributed by atoms with E-state index in [1.807, 2.05) is 38.1 Å². The number of hydrogen-bond acceptors (Lipinski definition) is 3. The highest BCUT2D eigenvalue weighted by Gasteiger charge is 2.36. The second-order valence-corrected chi connectivity index (χ2v) is 6.89. The number of amides is 2. The molecular formula is C18H27N3O2. The predicted octanol–water partition coefficient (Wildman–Crippen LogP) is 2.56. The first kappa shape index (κ1) is 17.5. The fourth-order valence-corrected chi connectivity index (χ4v) is 2.93. The Morgan fingerprint density at radius 3 is 2.61 bits per heavy atom. The molecular weight excluding hydrogens is 290 g/mol. The van der Waals surface area contributed by atoms with Gasteiger partial charge in [-0.2, -0.15) is 0 Å². The van der Waals surface area contributed by atoms with Crippen LogP contribution >= 0.6 is 0 Å². The second-order valence-electron chi connectivity index (χ2n) is 6.89. The summed E-state index contributed by atoms with van der Waals surface area (Å²) in [6, 6.07) is 7.54. The van der Waals surface area contributed by atoms with Crippen LogP contribution < -0.4 is 16.4 Å². The van der Waals surface area contributed by atoms with Gasteiger partial charge in [0.1, 0.15) is 0 Å². The summed E-state index contributed by atoms with van der Waals surface area (Å²) in [5, 5.41) is 5.81. The van der Waals surface area contributed by atoms with E-state index in [1.54, 1.807) is 0 Å². The maximum absolute atomic E-state index is 12.2. The molecule has 0 spiro atoms. The fraction of sp³-hybridized carbons (Fsp3) is 0.556. The maximum Gasteiger partial charge on any atom is 0.240 e. The van der Waals surface area contributed by atoms with E-state index >= 15 is 0 Å². The third-order valence-electron chi connectivity index (χ3n) is 4.21. The van der Waals surface area contributed by atoms with Crippen molar-refractivity contribution in [2.24, 2.45) is 11.7 Å². The van der Waals surface area contributed by atoms with E-state index in [2.05, 4.69) is 10.6 Å². The van der Waals surface area contributed by atoms with E-state index in [-0.39, 0.29) is 11.8 Å². The molecule has 23 heavy (non-hydrogen) atoms. The first-order valence-corrected chi connectivity index (χ1v) is 8.35. The lowest BCUT2D eigenvalue weighted by atomic mass is 9.98. The molecule has 2 rings (SSSR count). The van der Waals surface area contributed by atoms with Gasteiger partial charge in [0.2, 0.25) is 11.8 Å². The number of nitrogens with one attached hydrogen (secondary N) is 2. The lowest BCUT2D eigenvalue weighted by molar-refractivity contribution is -0.126. The van der Waals surface area contributed by atoms with Crippen LogP contribution in [0.25, 0.3) is 0 Å². The monoisotopic (exact) mass is 317 g/mol. The molecule has 0 saturated heterocycles. The molecule has 4 N–H and O–H groups in total. The van der Waals surface area contributed by atoms with Gasteiger partial charge in [-0.05, 0) is 36.5 Å². The molecule has 1 aliphatic rings. The summed E-state index contributed by atoms with van der Waals surface area (Å²) in [7, 11) is 0. The van der Waals surface area contributed by atoms with Gasteiger partial charge in [0.15, 0.2) is 0 Å². The van der Waals surface area contributed by atoms with Crippen molar-refractivity contribution in [3.8, 4) is 0 Å². The van der Waals surface area contributed by atoms with Crippen molar-refractivity contribution in [2.45, 2.75) is 58.0 Å². The Morgan fingerprint density at radius 2 is 1.96 bits per heavy atom. The lowest BCUT2D eigenvalue weighted by Crippen LogP contribution is -2.51. The smallest absolute Gasteiger partial charge is 0.240 e. The first-order valence-electron chi connectivity index (χ1n) is 8.35. The first-order chi connectivity index (χ1) is 10.9. The highest BCUT2D eigenvalue weighted by Crippen LogP contribution is 2.27. The molecule has 1 aromatic rings. The molecule has 5 heteroatoms. The SMILES string of the molecule is CC(C)CC(=O)Nc1cccc(CNC(=O)C2(N)CCCC2)c1. The van der Waals surface area contributed by atoms with Crippen LogP contribution in [-0.4, -0.2) is 17.4 Å². The Labute approximate surface area is 138 Å². The van der Waals surface area contributed by atoms with E-state index in [9.17, 15) is 9.59 Å². The van der Waals surface area contributed by atoms with Gasteiger partial charge < -0.3 is 16.4 Å². The van der Waals surface area contributed by atoms with Crippen molar-refractivity contribution >= 4 is 17.5 Å². The average molecular weight is 317 g/mol. The molecule has 0 atom stereocenters. The summed E-state index contributed by atoms with van der Waals surface area (Å²) in [4.78, 5) is 24.0. The number of rotatable bonds is 6. The summed E-state index contributed by atoms with van der Waals surface area (Å²) in [6.07, 6.45) is 4.04. The van der Waals surface area contributed by atoms with Crippen molar-refractivity contribution < 1.29 is 9.59 Å². The molecule has 0 radical (unpaired) electrons. The molecule has 1 saturated carbocycles. The van der Waals surface area contributed by atoms with E-state index in [0.29, 0.717) is 18.9 Å². The van der Waals surface area contributed by atoms with Gasteiger partial charge in [-0.1, -0.05) is 38.8 Å². The third kappa shape index (κ3) is 5.06. The van der Waals surface area contributed by atoms with Gasteiger partial charge in [-0.25, -0.2) is 0 Å². The lowest BCUT2D eigenvalue weighted by Gasteiger charge is -2.22. The highest BCUT2D eigenvalue weighted by atomic mass is 16.2. The molecule has 2 amide bonds. The van der Waals surface area contributed by atoms with Crippen LogP contribution in [0, 0.1) is 5.92 Å². The number of anilines is 1. The molecule has 0 aromatic heterocycles. The van der Waals surface area contributed by atoms with Crippen LogP contribution in [0.3, 0.4) is 0 Å². The average Bonchev–Trinajstić information content (AvgIpc) is 2.92.